The number of guanidine groups is 1. The molecule has 134 valence electrons. The molecule has 1 unspecified atom stereocenters. The highest BCUT2D eigenvalue weighted by atomic mass is 16.3. The van der Waals surface area contributed by atoms with Gasteiger partial charge in [-0.2, -0.15) is 0 Å². The molecule has 1 aliphatic carbocycles. The lowest BCUT2D eigenvalue weighted by atomic mass is 9.88. The van der Waals surface area contributed by atoms with Gasteiger partial charge in [-0.25, -0.2) is 0 Å². The molecule has 3 N–H and O–H groups in total. The Bertz CT molecular complexity index is 493. The van der Waals surface area contributed by atoms with E-state index >= 15 is 0 Å². The van der Waals surface area contributed by atoms with E-state index in [-0.39, 0.29) is 6.10 Å². The van der Waals surface area contributed by atoms with Gasteiger partial charge in [0.05, 0.1) is 6.10 Å². The molecule has 1 fully saturated rings. The van der Waals surface area contributed by atoms with Crippen LogP contribution in [0.2, 0.25) is 0 Å². The van der Waals surface area contributed by atoms with Gasteiger partial charge in [-0.05, 0) is 44.1 Å². The Hall–Kier alpha value is -1.55. The van der Waals surface area contributed by atoms with Gasteiger partial charge in [0.15, 0.2) is 5.96 Å². The molecule has 4 nitrogen and oxygen atoms in total. The second-order valence-electron chi connectivity index (χ2n) is 7.13. The fourth-order valence-corrected chi connectivity index (χ4v) is 3.32. The van der Waals surface area contributed by atoms with Crippen molar-refractivity contribution in [2.45, 2.75) is 64.5 Å². The predicted molar refractivity (Wildman–Crippen MR) is 101 cm³/mol. The molecule has 24 heavy (non-hydrogen) atoms. The minimum atomic E-state index is -0.119. The number of hydrogen-bond donors (Lipinski definition) is 3. The zero-order chi connectivity index (χ0) is 17.4. The highest BCUT2D eigenvalue weighted by Gasteiger charge is 2.20. The molecule has 0 heterocycles. The molecule has 4 heteroatoms. The Balaban J connectivity index is 2.00. The predicted octanol–water partition coefficient (Wildman–Crippen LogP) is 3.28. The first kappa shape index (κ1) is 18.8. The lowest BCUT2D eigenvalue weighted by molar-refractivity contribution is 0.120. The van der Waals surface area contributed by atoms with Crippen LogP contribution in [-0.2, 0) is 0 Å². The topological polar surface area (TPSA) is 56.7 Å². The molecule has 0 amide bonds. The van der Waals surface area contributed by atoms with Gasteiger partial charge in [0.1, 0.15) is 0 Å². The summed E-state index contributed by atoms with van der Waals surface area (Å²) in [6.07, 6.45) is 3.67. The van der Waals surface area contributed by atoms with E-state index < -0.39 is 0 Å². The Morgan fingerprint density at radius 1 is 1.17 bits per heavy atom. The second-order valence-corrected chi connectivity index (χ2v) is 7.13. The lowest BCUT2D eigenvalue weighted by Crippen LogP contribution is -2.45. The van der Waals surface area contributed by atoms with E-state index in [0.717, 1.165) is 44.7 Å². The minimum absolute atomic E-state index is 0.119. The van der Waals surface area contributed by atoms with Crippen LogP contribution in [0.15, 0.2) is 35.3 Å². The highest BCUT2D eigenvalue weighted by molar-refractivity contribution is 5.80. The number of nitrogens with one attached hydrogen (secondary N) is 2. The average molecular weight is 332 g/mol. The second kappa shape index (κ2) is 9.67. The fourth-order valence-electron chi connectivity index (χ4n) is 3.32. The maximum atomic E-state index is 9.65. The van der Waals surface area contributed by atoms with Crippen molar-refractivity contribution in [1.82, 2.24) is 10.6 Å². The summed E-state index contributed by atoms with van der Waals surface area (Å²) in [4.78, 5) is 4.86. The maximum absolute atomic E-state index is 9.65. The van der Waals surface area contributed by atoms with Crippen molar-refractivity contribution in [3.05, 3.63) is 35.9 Å². The molecule has 1 atom stereocenters. The Morgan fingerprint density at radius 2 is 1.83 bits per heavy atom. The molecular formula is C20H33N3O. The Morgan fingerprint density at radius 3 is 2.42 bits per heavy atom. The first-order chi connectivity index (χ1) is 11.6. The van der Waals surface area contributed by atoms with Gasteiger partial charge >= 0.3 is 0 Å². The summed E-state index contributed by atoms with van der Waals surface area (Å²) in [5.41, 5.74) is 1.35. The summed E-state index contributed by atoms with van der Waals surface area (Å²) in [7, 11) is 0. The summed E-state index contributed by atoms with van der Waals surface area (Å²) in [6, 6.07) is 11.1. The first-order valence-electron chi connectivity index (χ1n) is 9.38. The number of aliphatic imine (C=N–C) groups is 1. The van der Waals surface area contributed by atoms with E-state index in [1.165, 1.54) is 5.56 Å². The molecule has 0 aromatic heterocycles. The number of hydrogen-bond acceptors (Lipinski definition) is 2. The van der Waals surface area contributed by atoms with Crippen molar-refractivity contribution in [2.75, 3.05) is 13.1 Å². The van der Waals surface area contributed by atoms with Gasteiger partial charge in [0.2, 0.25) is 0 Å². The standard InChI is InChI=1S/C20H33N3O/c1-4-21-20(23-17-10-12-18(24)13-11-17)22-14-19(15(2)3)16-8-6-5-7-9-16/h5-9,15,17-19,24H,4,10-14H2,1-3H3,(H2,21,22,23). The monoisotopic (exact) mass is 331 g/mol. The zero-order valence-corrected chi connectivity index (χ0v) is 15.3. The normalized spacial score (nSPS) is 23.1. The Labute approximate surface area is 146 Å². The van der Waals surface area contributed by atoms with Crippen molar-refractivity contribution in [3.63, 3.8) is 0 Å². The van der Waals surface area contributed by atoms with E-state index in [4.69, 9.17) is 4.99 Å². The largest absolute Gasteiger partial charge is 0.393 e. The average Bonchev–Trinajstić information content (AvgIpc) is 2.58. The first-order valence-corrected chi connectivity index (χ1v) is 9.38. The summed E-state index contributed by atoms with van der Waals surface area (Å²) >= 11 is 0. The van der Waals surface area contributed by atoms with Crippen LogP contribution < -0.4 is 10.6 Å². The van der Waals surface area contributed by atoms with E-state index in [1.807, 2.05) is 0 Å². The van der Waals surface area contributed by atoms with Gasteiger partial charge in [0, 0.05) is 25.0 Å². The third kappa shape index (κ3) is 5.82. The summed E-state index contributed by atoms with van der Waals surface area (Å²) in [6.45, 7) is 8.26. The number of aliphatic hydroxyl groups is 1. The molecule has 0 saturated heterocycles. The maximum Gasteiger partial charge on any atom is 0.191 e. The van der Waals surface area contributed by atoms with Crippen molar-refractivity contribution >= 4 is 5.96 Å². The Kier molecular flexibility index (Phi) is 7.57. The lowest BCUT2D eigenvalue weighted by Gasteiger charge is -2.28. The van der Waals surface area contributed by atoms with Crippen molar-refractivity contribution in [2.24, 2.45) is 10.9 Å². The van der Waals surface area contributed by atoms with Crippen molar-refractivity contribution < 1.29 is 5.11 Å². The van der Waals surface area contributed by atoms with Gasteiger partial charge in [-0.1, -0.05) is 44.2 Å². The molecule has 1 aliphatic rings. The van der Waals surface area contributed by atoms with Gasteiger partial charge < -0.3 is 15.7 Å². The molecule has 0 radical (unpaired) electrons. The van der Waals surface area contributed by atoms with Crippen LogP contribution >= 0.6 is 0 Å². The van der Waals surface area contributed by atoms with E-state index in [1.54, 1.807) is 0 Å². The summed E-state index contributed by atoms with van der Waals surface area (Å²) < 4.78 is 0. The molecule has 0 aliphatic heterocycles. The fraction of sp³-hybridized carbons (Fsp3) is 0.650. The van der Waals surface area contributed by atoms with E-state index in [0.29, 0.717) is 17.9 Å². The van der Waals surface area contributed by atoms with Crippen LogP contribution in [0.5, 0.6) is 0 Å². The van der Waals surface area contributed by atoms with Crippen LogP contribution in [0.3, 0.4) is 0 Å². The molecular weight excluding hydrogens is 298 g/mol. The van der Waals surface area contributed by atoms with Gasteiger partial charge in [0.25, 0.3) is 0 Å². The van der Waals surface area contributed by atoms with Crippen LogP contribution in [0.1, 0.15) is 57.9 Å². The quantitative estimate of drug-likeness (QED) is 0.554. The third-order valence-corrected chi connectivity index (χ3v) is 4.86. The smallest absolute Gasteiger partial charge is 0.191 e. The van der Waals surface area contributed by atoms with Crippen LogP contribution in [0.4, 0.5) is 0 Å². The number of aliphatic hydroxyl groups excluding tert-OH is 1. The summed E-state index contributed by atoms with van der Waals surface area (Å²) in [5, 5.41) is 16.6. The SMILES string of the molecule is CCNC(=NCC(c1ccccc1)C(C)C)NC1CCC(O)CC1. The molecule has 1 aromatic rings. The zero-order valence-electron chi connectivity index (χ0n) is 15.3. The van der Waals surface area contributed by atoms with E-state index in [9.17, 15) is 5.11 Å². The number of nitrogens with zero attached hydrogens (tertiary/aromatic N) is 1. The number of rotatable bonds is 6. The van der Waals surface area contributed by atoms with Gasteiger partial charge in [-0.15, -0.1) is 0 Å². The molecule has 0 spiro atoms. The van der Waals surface area contributed by atoms with Crippen molar-refractivity contribution in [3.8, 4) is 0 Å². The molecule has 1 aromatic carbocycles. The number of benzene rings is 1. The summed E-state index contributed by atoms with van der Waals surface area (Å²) in [5.74, 6) is 1.87. The highest BCUT2D eigenvalue weighted by Crippen LogP contribution is 2.24. The third-order valence-electron chi connectivity index (χ3n) is 4.86. The van der Waals surface area contributed by atoms with E-state index in [2.05, 4.69) is 61.7 Å². The molecule has 2 rings (SSSR count). The minimum Gasteiger partial charge on any atom is -0.393 e. The van der Waals surface area contributed by atoms with Crippen LogP contribution in [0.25, 0.3) is 0 Å². The van der Waals surface area contributed by atoms with Crippen LogP contribution in [-0.4, -0.2) is 36.3 Å². The van der Waals surface area contributed by atoms with Crippen molar-refractivity contribution in [1.29, 1.82) is 0 Å². The van der Waals surface area contributed by atoms with Gasteiger partial charge in [-0.3, -0.25) is 4.99 Å². The molecule has 0 bridgehead atoms. The van der Waals surface area contributed by atoms with Crippen LogP contribution in [0, 0.1) is 5.92 Å². The molecule has 1 saturated carbocycles.